The summed E-state index contributed by atoms with van der Waals surface area (Å²) in [6.45, 7) is 2.55. The van der Waals surface area contributed by atoms with Crippen LogP contribution < -0.4 is 20.1 Å². The van der Waals surface area contributed by atoms with Gasteiger partial charge in [0.25, 0.3) is 5.56 Å². The first-order valence-corrected chi connectivity index (χ1v) is 15.6. The van der Waals surface area contributed by atoms with Crippen LogP contribution in [-0.2, 0) is 12.7 Å². The highest BCUT2D eigenvalue weighted by molar-refractivity contribution is 6.31. The van der Waals surface area contributed by atoms with Crippen molar-refractivity contribution in [2.75, 3.05) is 42.6 Å². The highest BCUT2D eigenvalue weighted by atomic mass is 35.5. The molecular weight excluding hydrogens is 661 g/mol. The standard InChI is InChI=1S/C35H28ClF3N6O4/c1-21-42-29-19-28(35(37,38)39)32(44-13-11-43(12-14-44)25-7-9-41-10-8-25)27(20-40)31(29)33(46)45(21)15-16-49-30-6-5-24(36)18-26(30)22-3-2-4-23(17-22)34(47)48/h2-10,17-19H,11-16H2,1H3,(H,47,48). The number of piperazine rings is 1. The number of halogens is 4. The number of hydrogen-bond acceptors (Lipinski definition) is 8. The Kier molecular flexibility index (Phi) is 9.16. The normalized spacial score (nSPS) is 13.4. The lowest BCUT2D eigenvalue weighted by molar-refractivity contribution is -0.137. The monoisotopic (exact) mass is 688 g/mol. The Balaban J connectivity index is 1.33. The SMILES string of the molecule is Cc1nc2cc(C(F)(F)F)c(N3CCN(c4ccncc4)CC3)c(C#N)c2c(=O)n1CCOc1ccc(Cl)cc1-c1cccc(C(=O)O)c1. The van der Waals surface area contributed by atoms with Gasteiger partial charge in [0.1, 0.15) is 24.3 Å². The first kappa shape index (κ1) is 33.3. The topological polar surface area (TPSA) is 125 Å². The fourth-order valence-corrected chi connectivity index (χ4v) is 6.23. The number of hydrogen-bond donors (Lipinski definition) is 1. The number of carboxylic acids is 1. The molecule has 3 heterocycles. The summed E-state index contributed by atoms with van der Waals surface area (Å²) < 4.78 is 50.9. The van der Waals surface area contributed by atoms with Crippen molar-refractivity contribution in [1.29, 1.82) is 5.26 Å². The lowest BCUT2D eigenvalue weighted by atomic mass is 10.00. The molecule has 0 unspecified atom stereocenters. The van der Waals surface area contributed by atoms with E-state index in [2.05, 4.69) is 9.97 Å². The lowest BCUT2D eigenvalue weighted by Crippen LogP contribution is -2.47. The van der Waals surface area contributed by atoms with Crippen molar-refractivity contribution >= 4 is 39.8 Å². The van der Waals surface area contributed by atoms with E-state index in [0.717, 1.165) is 11.8 Å². The van der Waals surface area contributed by atoms with Crippen LogP contribution in [0.1, 0.15) is 27.3 Å². The molecule has 0 spiro atoms. The van der Waals surface area contributed by atoms with E-state index in [0.29, 0.717) is 35.0 Å². The summed E-state index contributed by atoms with van der Waals surface area (Å²) >= 11 is 6.24. The molecule has 0 atom stereocenters. The number of aromatic carboxylic acids is 1. The third kappa shape index (κ3) is 6.73. The van der Waals surface area contributed by atoms with Gasteiger partial charge in [-0.1, -0.05) is 23.7 Å². The van der Waals surface area contributed by atoms with Gasteiger partial charge in [0, 0.05) is 54.8 Å². The summed E-state index contributed by atoms with van der Waals surface area (Å²) in [7, 11) is 0. The molecule has 6 rings (SSSR count). The van der Waals surface area contributed by atoms with E-state index in [1.807, 2.05) is 23.1 Å². The van der Waals surface area contributed by atoms with Gasteiger partial charge in [-0.25, -0.2) is 9.78 Å². The van der Waals surface area contributed by atoms with Crippen LogP contribution in [0.5, 0.6) is 5.75 Å². The molecule has 1 aliphatic rings. The van der Waals surface area contributed by atoms with E-state index in [1.54, 1.807) is 42.7 Å². The minimum Gasteiger partial charge on any atom is -0.491 e. The fourth-order valence-electron chi connectivity index (χ4n) is 6.06. The highest BCUT2D eigenvalue weighted by Gasteiger charge is 2.39. The number of ether oxygens (including phenoxy) is 1. The smallest absolute Gasteiger partial charge is 0.418 e. The van der Waals surface area contributed by atoms with Gasteiger partial charge in [-0.3, -0.25) is 14.3 Å². The van der Waals surface area contributed by atoms with Gasteiger partial charge in [0.05, 0.1) is 39.8 Å². The maximum absolute atomic E-state index is 14.5. The molecule has 2 aromatic heterocycles. The van der Waals surface area contributed by atoms with Crippen LogP contribution in [0, 0.1) is 18.3 Å². The summed E-state index contributed by atoms with van der Waals surface area (Å²) in [6, 6.07) is 17.5. The molecule has 0 amide bonds. The molecule has 10 nitrogen and oxygen atoms in total. The number of alkyl halides is 3. The molecule has 1 saturated heterocycles. The molecule has 5 aromatic rings. The number of carbonyl (C=O) groups is 1. The van der Waals surface area contributed by atoms with Crippen LogP contribution in [0.4, 0.5) is 24.5 Å². The predicted octanol–water partition coefficient (Wildman–Crippen LogP) is 6.41. The second-order valence-electron chi connectivity index (χ2n) is 11.3. The second kappa shape index (κ2) is 13.5. The summed E-state index contributed by atoms with van der Waals surface area (Å²) in [6.07, 6.45) is -1.53. The Bertz CT molecular complexity index is 2160. The number of pyridine rings is 1. The van der Waals surface area contributed by atoms with Gasteiger partial charge < -0.3 is 19.6 Å². The zero-order valence-corrected chi connectivity index (χ0v) is 26.8. The van der Waals surface area contributed by atoms with Crippen molar-refractivity contribution in [1.82, 2.24) is 14.5 Å². The number of benzene rings is 3. The quantitative estimate of drug-likeness (QED) is 0.197. The Morgan fingerprint density at radius 1 is 1.04 bits per heavy atom. The van der Waals surface area contributed by atoms with Crippen LogP contribution in [-0.4, -0.2) is 58.4 Å². The number of nitrogens with zero attached hydrogens (tertiary/aromatic N) is 6. The van der Waals surface area contributed by atoms with Crippen molar-refractivity contribution in [3.05, 3.63) is 111 Å². The van der Waals surface area contributed by atoms with E-state index < -0.39 is 23.3 Å². The predicted molar refractivity (Wildman–Crippen MR) is 178 cm³/mol. The zero-order valence-electron chi connectivity index (χ0n) is 26.0. The van der Waals surface area contributed by atoms with Crippen LogP contribution in [0.15, 0.2) is 77.9 Å². The molecule has 250 valence electrons. The lowest BCUT2D eigenvalue weighted by Gasteiger charge is -2.38. The van der Waals surface area contributed by atoms with Crippen LogP contribution in [0.25, 0.3) is 22.0 Å². The van der Waals surface area contributed by atoms with Gasteiger partial charge in [-0.15, -0.1) is 0 Å². The number of fused-ring (bicyclic) bond motifs is 1. The molecule has 0 saturated carbocycles. The number of rotatable bonds is 8. The van der Waals surface area contributed by atoms with Crippen LogP contribution in [0.2, 0.25) is 5.02 Å². The first-order valence-electron chi connectivity index (χ1n) is 15.2. The van der Waals surface area contributed by atoms with Crippen molar-refractivity contribution in [2.45, 2.75) is 19.6 Å². The molecule has 49 heavy (non-hydrogen) atoms. The van der Waals surface area contributed by atoms with E-state index in [9.17, 15) is 33.1 Å². The van der Waals surface area contributed by atoms with Gasteiger partial charge in [-0.05, 0) is 61.0 Å². The summed E-state index contributed by atoms with van der Waals surface area (Å²) in [4.78, 5) is 37.4. The number of anilines is 2. The molecule has 0 radical (unpaired) electrons. The van der Waals surface area contributed by atoms with Crippen molar-refractivity contribution in [2.24, 2.45) is 0 Å². The maximum Gasteiger partial charge on any atom is 0.418 e. The van der Waals surface area contributed by atoms with Crippen LogP contribution >= 0.6 is 11.6 Å². The minimum absolute atomic E-state index is 0.0450. The molecule has 1 fully saturated rings. The molecule has 0 bridgehead atoms. The van der Waals surface area contributed by atoms with Crippen molar-refractivity contribution < 1.29 is 27.8 Å². The Morgan fingerprint density at radius 2 is 1.76 bits per heavy atom. The summed E-state index contributed by atoms with van der Waals surface area (Å²) in [5, 5.41) is 19.9. The van der Waals surface area contributed by atoms with Crippen LogP contribution in [0.3, 0.4) is 0 Å². The van der Waals surface area contributed by atoms with Crippen molar-refractivity contribution in [3.63, 3.8) is 0 Å². The number of aromatic nitrogens is 3. The number of aryl methyl sites for hydroxylation is 1. The first-order chi connectivity index (χ1) is 23.5. The average molecular weight is 689 g/mol. The van der Waals surface area contributed by atoms with E-state index in [-0.39, 0.29) is 59.8 Å². The van der Waals surface area contributed by atoms with E-state index >= 15 is 0 Å². The average Bonchev–Trinajstić information content (AvgIpc) is 3.09. The molecule has 0 aliphatic carbocycles. The fraction of sp³-hybridized carbons (Fsp3) is 0.229. The Labute approximate surface area is 283 Å². The molecule has 14 heteroatoms. The molecule has 3 aromatic carbocycles. The minimum atomic E-state index is -4.81. The molecule has 1 aliphatic heterocycles. The number of carboxylic acid groups (broad SMARTS) is 1. The Hall–Kier alpha value is -5.61. The van der Waals surface area contributed by atoms with E-state index in [1.165, 1.54) is 28.5 Å². The summed E-state index contributed by atoms with van der Waals surface area (Å²) in [5.74, 6) is -0.589. The molecular formula is C35H28ClF3N6O4. The van der Waals surface area contributed by atoms with Gasteiger partial charge >= 0.3 is 12.1 Å². The molecule has 1 N–H and O–H groups in total. The number of nitriles is 1. The summed E-state index contributed by atoms with van der Waals surface area (Å²) in [5.41, 5.74) is -0.603. The highest BCUT2D eigenvalue weighted by Crippen LogP contribution is 2.42. The maximum atomic E-state index is 14.5. The zero-order chi connectivity index (χ0) is 34.9. The van der Waals surface area contributed by atoms with Gasteiger partial charge in [0.2, 0.25) is 0 Å². The van der Waals surface area contributed by atoms with E-state index in [4.69, 9.17) is 16.3 Å². The Morgan fingerprint density at radius 3 is 2.43 bits per heavy atom. The van der Waals surface area contributed by atoms with Gasteiger partial charge in [0.15, 0.2) is 0 Å². The second-order valence-corrected chi connectivity index (χ2v) is 11.8. The third-order valence-electron chi connectivity index (χ3n) is 8.39. The largest absolute Gasteiger partial charge is 0.491 e. The van der Waals surface area contributed by atoms with Gasteiger partial charge in [-0.2, -0.15) is 18.4 Å². The third-order valence-corrected chi connectivity index (χ3v) is 8.62. The van der Waals surface area contributed by atoms with Crippen molar-refractivity contribution in [3.8, 4) is 22.9 Å².